The van der Waals surface area contributed by atoms with Gasteiger partial charge < -0.3 is 14.2 Å². The molecule has 8 bridgehead atoms. The zero-order chi connectivity index (χ0) is 77.4. The maximum atomic E-state index is 6.64. The average molecular weight is 1510 g/mol. The van der Waals surface area contributed by atoms with Gasteiger partial charge in [0.1, 0.15) is 5.58 Å². The van der Waals surface area contributed by atoms with E-state index in [-0.39, 0.29) is 16.2 Å². The van der Waals surface area contributed by atoms with E-state index >= 15 is 0 Å². The number of hydrogen-bond acceptors (Lipinski definition) is 3. The summed E-state index contributed by atoms with van der Waals surface area (Å²) in [7, 11) is 0. The normalized spacial score (nSPS) is 23.0. The highest BCUT2D eigenvalue weighted by Gasteiger charge is 2.63. The number of furan rings is 1. The van der Waals surface area contributed by atoms with Crippen LogP contribution < -0.4 is 9.80 Å². The molecular formula is C114H94N2O. The number of benzene rings is 15. The van der Waals surface area contributed by atoms with Gasteiger partial charge in [-0.2, -0.15) is 0 Å². The smallest absolute Gasteiger partial charge is 0.159 e. The molecule has 3 nitrogen and oxygen atoms in total. The van der Waals surface area contributed by atoms with Crippen molar-refractivity contribution in [1.29, 1.82) is 0 Å². The van der Waals surface area contributed by atoms with Gasteiger partial charge in [0.05, 0.1) is 11.4 Å². The third-order valence-corrected chi connectivity index (χ3v) is 30.5. The van der Waals surface area contributed by atoms with Crippen LogP contribution in [-0.2, 0) is 16.2 Å². The lowest BCUT2D eigenvalue weighted by atomic mass is 9.43. The maximum Gasteiger partial charge on any atom is 0.159 e. The molecular weight excluding hydrogens is 1410 g/mol. The molecule has 8 saturated carbocycles. The lowest BCUT2D eigenvalue weighted by Crippen LogP contribution is -2.55. The molecule has 11 aliphatic carbocycles. The highest BCUT2D eigenvalue weighted by atomic mass is 16.3. The number of aryl methyl sites for hydroxylation is 1. The molecule has 0 radical (unpaired) electrons. The molecule has 27 rings (SSSR count). The van der Waals surface area contributed by atoms with Crippen LogP contribution >= 0.6 is 0 Å². The predicted octanol–water partition coefficient (Wildman–Crippen LogP) is 30.6. The van der Waals surface area contributed by atoms with Gasteiger partial charge in [-0.25, -0.2) is 0 Å². The van der Waals surface area contributed by atoms with Gasteiger partial charge in [0, 0.05) is 55.3 Å². The zero-order valence-electron chi connectivity index (χ0n) is 66.9. The summed E-state index contributed by atoms with van der Waals surface area (Å²) in [6.45, 7) is 7.03. The van der Waals surface area contributed by atoms with E-state index in [1.807, 2.05) is 6.07 Å². The topological polar surface area (TPSA) is 19.6 Å². The Bertz CT molecular complexity index is 6580. The molecule has 0 N–H and O–H groups in total. The minimum atomic E-state index is -0.106. The van der Waals surface area contributed by atoms with E-state index in [1.54, 1.807) is 22.3 Å². The summed E-state index contributed by atoms with van der Waals surface area (Å²) in [4.78, 5) is 4.88. The predicted molar refractivity (Wildman–Crippen MR) is 486 cm³/mol. The van der Waals surface area contributed by atoms with E-state index in [0.29, 0.717) is 0 Å². The SMILES string of the molecule is CC1(C)c2ccccc2-c2c(N(c3ccc(-c4ccccc4)cc3)c3ccc(-c4ccc5c(c4)-c4ccccc4C54C5CC6CC(C5)CC4C6)c(-c4ccccc4)c3)cccc21.Cc1cc(N(c2ccc(-c3ccccc3)cc2)c2cccc3c2oc2ccccc23)ccc1-c1ccc2c(c1)-c1ccccc1C21C2CC3CC(C2)CC1C3. The highest BCUT2D eigenvalue weighted by Crippen LogP contribution is 2.72. The fourth-order valence-corrected chi connectivity index (χ4v) is 26.1. The molecule has 3 heteroatoms. The van der Waals surface area contributed by atoms with Crippen LogP contribution in [0.5, 0.6) is 0 Å². The molecule has 1 heterocycles. The highest BCUT2D eigenvalue weighted by molar-refractivity contribution is 6.10. The van der Waals surface area contributed by atoms with Crippen molar-refractivity contribution in [3.8, 4) is 89.0 Å². The first-order valence-corrected chi connectivity index (χ1v) is 43.4. The van der Waals surface area contributed by atoms with Gasteiger partial charge >= 0.3 is 0 Å². The van der Waals surface area contributed by atoms with Crippen molar-refractivity contribution in [3.63, 3.8) is 0 Å². The van der Waals surface area contributed by atoms with Crippen LogP contribution in [0.2, 0.25) is 0 Å². The Morgan fingerprint density at radius 1 is 0.256 bits per heavy atom. The summed E-state index contributed by atoms with van der Waals surface area (Å²) in [5.74, 6) is 6.85. The van der Waals surface area contributed by atoms with Crippen LogP contribution in [0, 0.1) is 54.3 Å². The van der Waals surface area contributed by atoms with E-state index in [2.05, 4.69) is 370 Å². The van der Waals surface area contributed by atoms with Crippen LogP contribution in [0.4, 0.5) is 34.1 Å². The number of anilines is 6. The number of hydrogen-bond donors (Lipinski definition) is 0. The number of fused-ring (bicyclic) bond motifs is 12. The summed E-state index contributed by atoms with van der Waals surface area (Å²) >= 11 is 0. The molecule has 0 saturated heterocycles. The second kappa shape index (κ2) is 26.6. The molecule has 566 valence electrons. The quantitative estimate of drug-likeness (QED) is 0.129. The molecule has 0 atom stereocenters. The molecule has 0 amide bonds. The van der Waals surface area contributed by atoms with Crippen LogP contribution in [0.1, 0.15) is 117 Å². The second-order valence-corrected chi connectivity index (χ2v) is 36.7. The molecule has 0 aliphatic heterocycles. The summed E-state index contributed by atoms with van der Waals surface area (Å²) in [5, 5.41) is 2.27. The Labute approximate surface area is 688 Å². The molecule has 2 spiro atoms. The minimum absolute atomic E-state index is 0.106. The third kappa shape index (κ3) is 10.5. The Balaban J connectivity index is 0.000000135. The Kier molecular flexibility index (Phi) is 15.7. The maximum absolute atomic E-state index is 6.64. The molecule has 1 aromatic heterocycles. The van der Waals surface area contributed by atoms with Crippen molar-refractivity contribution in [3.05, 3.63) is 385 Å². The fourth-order valence-electron chi connectivity index (χ4n) is 26.1. The van der Waals surface area contributed by atoms with Crippen molar-refractivity contribution in [2.24, 2.45) is 47.3 Å². The van der Waals surface area contributed by atoms with Crippen molar-refractivity contribution in [2.75, 3.05) is 9.80 Å². The standard InChI is InChI=1S/C61H51N.C53H43NO/c1-60(2)54-20-11-10-19-51(54)59-57(60)22-13-23-58(59)62(47-27-24-42(25-28-47)41-14-5-3-6-15-41)48-29-30-49(52(38-48)43-16-7-4-8-17-43)44-26-31-56-53(37-44)50-18-9-12-21-55(50)61(56)45-33-39-32-40(35-45)36-46(61)34-39;1-33-26-42(54(41-21-18-37(19-22-41)36-10-3-2-4-11-36)50-16-9-14-46-45-13-6-8-17-51(45)55-52(46)50)23-24-43(33)38-20-25-49-47(32-38)44-12-5-7-15-48(44)53(49)39-28-34-27-35(30-39)31-40(53)29-34/h3-31,37-40,45-46H,32-36H2,1-2H3;2-26,32,34-35,39-40H,27-31H2,1H3. The number of rotatable bonds is 11. The molecule has 15 aromatic carbocycles. The minimum Gasteiger partial charge on any atom is -0.454 e. The molecule has 117 heavy (non-hydrogen) atoms. The lowest BCUT2D eigenvalue weighted by molar-refractivity contribution is -0.0399. The third-order valence-electron chi connectivity index (χ3n) is 30.5. The van der Waals surface area contributed by atoms with Gasteiger partial charge in [-0.3, -0.25) is 0 Å². The molecule has 8 fully saturated rings. The lowest BCUT2D eigenvalue weighted by Gasteiger charge is -2.61. The Morgan fingerprint density at radius 2 is 0.650 bits per heavy atom. The van der Waals surface area contributed by atoms with Gasteiger partial charge in [-0.05, 0) is 320 Å². The van der Waals surface area contributed by atoms with Gasteiger partial charge in [0.15, 0.2) is 5.58 Å². The van der Waals surface area contributed by atoms with Crippen LogP contribution in [0.15, 0.2) is 350 Å². The number of para-hydroxylation sites is 2. The van der Waals surface area contributed by atoms with E-state index in [1.165, 1.54) is 176 Å². The molecule has 16 aromatic rings. The number of nitrogens with zero attached hydrogens (tertiary/aromatic N) is 2. The van der Waals surface area contributed by atoms with Crippen molar-refractivity contribution in [2.45, 2.75) is 101 Å². The van der Waals surface area contributed by atoms with E-state index < -0.39 is 0 Å². The molecule has 0 unspecified atom stereocenters. The van der Waals surface area contributed by atoms with Crippen LogP contribution in [-0.4, -0.2) is 0 Å². The monoisotopic (exact) mass is 1510 g/mol. The molecule has 11 aliphatic rings. The van der Waals surface area contributed by atoms with Gasteiger partial charge in [-0.1, -0.05) is 281 Å². The zero-order valence-corrected chi connectivity index (χ0v) is 66.9. The Morgan fingerprint density at radius 3 is 1.20 bits per heavy atom. The van der Waals surface area contributed by atoms with Crippen LogP contribution in [0.25, 0.3) is 111 Å². The largest absolute Gasteiger partial charge is 0.454 e. The van der Waals surface area contributed by atoms with Crippen molar-refractivity contribution in [1.82, 2.24) is 0 Å². The van der Waals surface area contributed by atoms with E-state index in [4.69, 9.17) is 4.42 Å². The fraction of sp³-hybridized carbons (Fsp3) is 0.211. The van der Waals surface area contributed by atoms with Gasteiger partial charge in [-0.15, -0.1) is 0 Å². The van der Waals surface area contributed by atoms with E-state index in [0.717, 1.165) is 97.7 Å². The average Bonchev–Trinajstić information content (AvgIpc) is 1.55. The van der Waals surface area contributed by atoms with Crippen molar-refractivity contribution >= 4 is 56.1 Å². The van der Waals surface area contributed by atoms with E-state index in [9.17, 15) is 0 Å². The Hall–Kier alpha value is -12.3. The first kappa shape index (κ1) is 69.0. The second-order valence-electron chi connectivity index (χ2n) is 36.7. The summed E-state index contributed by atoms with van der Waals surface area (Å²) in [6.07, 6.45) is 14.2. The summed E-state index contributed by atoms with van der Waals surface area (Å²) in [6, 6.07) is 130. The van der Waals surface area contributed by atoms with Crippen molar-refractivity contribution < 1.29 is 4.42 Å². The first-order chi connectivity index (χ1) is 57.6. The van der Waals surface area contributed by atoms with Gasteiger partial charge in [0.25, 0.3) is 0 Å². The summed E-state index contributed by atoms with van der Waals surface area (Å²) < 4.78 is 6.64. The van der Waals surface area contributed by atoms with Crippen LogP contribution in [0.3, 0.4) is 0 Å². The van der Waals surface area contributed by atoms with Gasteiger partial charge in [0.2, 0.25) is 0 Å². The first-order valence-electron chi connectivity index (χ1n) is 43.4. The summed E-state index contributed by atoms with van der Waals surface area (Å²) in [5.41, 5.74) is 40.3.